The number of hydrogen-bond acceptors (Lipinski definition) is 2. The first kappa shape index (κ1) is 20.8. The number of nitrogens with zero attached hydrogens (tertiary/aromatic N) is 2. The van der Waals surface area contributed by atoms with Crippen LogP contribution in [-0.4, -0.2) is 46.8 Å². The molecule has 5 fully saturated rings. The van der Waals surface area contributed by atoms with Crippen molar-refractivity contribution in [1.29, 1.82) is 0 Å². The number of likely N-dealkylation sites (tertiary alicyclic amines) is 2. The molecule has 4 heteroatoms. The molecule has 5 aliphatic rings. The molecule has 2 saturated heterocycles. The Morgan fingerprint density at radius 3 is 1.27 bits per heavy atom. The van der Waals surface area contributed by atoms with Gasteiger partial charge in [-0.3, -0.25) is 9.59 Å². The summed E-state index contributed by atoms with van der Waals surface area (Å²) in [6.45, 7) is 1.96. The molecule has 2 amide bonds. The highest BCUT2D eigenvalue weighted by atomic mass is 16.2. The van der Waals surface area contributed by atoms with E-state index in [0.717, 1.165) is 50.6 Å². The third kappa shape index (κ3) is 4.05. The molecular formula is C26H42N2O2. The van der Waals surface area contributed by atoms with Gasteiger partial charge in [0.15, 0.2) is 0 Å². The minimum atomic E-state index is 0.179. The molecule has 2 heterocycles. The van der Waals surface area contributed by atoms with Crippen LogP contribution in [0.15, 0.2) is 0 Å². The van der Waals surface area contributed by atoms with Crippen LogP contribution >= 0.6 is 0 Å². The molecule has 168 valence electrons. The number of piperidine rings is 2. The average molecular weight is 415 g/mol. The van der Waals surface area contributed by atoms with E-state index >= 15 is 0 Å². The molecular weight excluding hydrogens is 372 g/mol. The Labute approximate surface area is 183 Å². The second-order valence-corrected chi connectivity index (χ2v) is 11.1. The van der Waals surface area contributed by atoms with Gasteiger partial charge in [-0.1, -0.05) is 25.7 Å². The number of amides is 2. The van der Waals surface area contributed by atoms with Gasteiger partial charge in [0.1, 0.15) is 0 Å². The molecule has 5 rings (SSSR count). The van der Waals surface area contributed by atoms with Gasteiger partial charge in [0.05, 0.1) is 0 Å². The van der Waals surface area contributed by atoms with Crippen molar-refractivity contribution in [3.63, 3.8) is 0 Å². The minimum Gasteiger partial charge on any atom is -0.339 e. The second kappa shape index (κ2) is 9.20. The standard InChI is InChI=1S/C26H42N2O2/c29-25(27-17-5-9-19-7-1-3-11-23(19)27)21-13-15-22(16-14-21)26(30)28-18-6-10-20-8-2-4-12-24(20)28/h19-24H,1-18H2. The van der Waals surface area contributed by atoms with Gasteiger partial charge in [-0.05, 0) is 88.9 Å². The Hall–Kier alpha value is -1.06. The first-order valence-corrected chi connectivity index (χ1v) is 13.3. The molecule has 2 aliphatic heterocycles. The normalized spacial score (nSPS) is 39.7. The fourth-order valence-corrected chi connectivity index (χ4v) is 7.85. The van der Waals surface area contributed by atoms with Gasteiger partial charge >= 0.3 is 0 Å². The third-order valence-corrected chi connectivity index (χ3v) is 9.48. The lowest BCUT2D eigenvalue weighted by atomic mass is 9.75. The zero-order chi connectivity index (χ0) is 20.5. The molecule has 0 spiro atoms. The van der Waals surface area contributed by atoms with Crippen molar-refractivity contribution in [3.05, 3.63) is 0 Å². The van der Waals surface area contributed by atoms with Crippen LogP contribution in [0.1, 0.15) is 103 Å². The van der Waals surface area contributed by atoms with E-state index in [1.807, 2.05) is 0 Å². The Morgan fingerprint density at radius 2 is 0.833 bits per heavy atom. The molecule has 0 aromatic carbocycles. The molecule has 0 bridgehead atoms. The molecule has 3 saturated carbocycles. The SMILES string of the molecule is O=C(C1CCC(C(=O)N2CCCC3CCCCC32)CC1)N1CCCC2CCCCC21. The molecule has 0 aromatic heterocycles. The van der Waals surface area contributed by atoms with Gasteiger partial charge in [0.25, 0.3) is 0 Å². The Balaban J connectivity index is 1.17. The maximum absolute atomic E-state index is 13.4. The van der Waals surface area contributed by atoms with Crippen LogP contribution in [0.5, 0.6) is 0 Å². The molecule has 30 heavy (non-hydrogen) atoms. The van der Waals surface area contributed by atoms with Crippen molar-refractivity contribution in [2.75, 3.05) is 13.1 Å². The largest absolute Gasteiger partial charge is 0.339 e. The van der Waals surface area contributed by atoms with Crippen LogP contribution in [0.25, 0.3) is 0 Å². The maximum Gasteiger partial charge on any atom is 0.225 e. The summed E-state index contributed by atoms with van der Waals surface area (Å²) in [6.07, 6.45) is 19.2. The van der Waals surface area contributed by atoms with Gasteiger partial charge in [-0.25, -0.2) is 0 Å². The van der Waals surface area contributed by atoms with Crippen LogP contribution in [0.3, 0.4) is 0 Å². The van der Waals surface area contributed by atoms with Gasteiger partial charge < -0.3 is 9.80 Å². The predicted molar refractivity (Wildman–Crippen MR) is 119 cm³/mol. The lowest BCUT2D eigenvalue weighted by Gasteiger charge is -2.47. The summed E-state index contributed by atoms with van der Waals surface area (Å²) in [6, 6.07) is 1.05. The zero-order valence-corrected chi connectivity index (χ0v) is 18.9. The van der Waals surface area contributed by atoms with Crippen molar-refractivity contribution >= 4 is 11.8 Å². The smallest absolute Gasteiger partial charge is 0.225 e. The summed E-state index contributed by atoms with van der Waals surface area (Å²) in [5.41, 5.74) is 0. The van der Waals surface area contributed by atoms with E-state index in [4.69, 9.17) is 0 Å². The van der Waals surface area contributed by atoms with Crippen molar-refractivity contribution < 1.29 is 9.59 Å². The van der Waals surface area contributed by atoms with Crippen molar-refractivity contribution in [1.82, 2.24) is 9.80 Å². The minimum absolute atomic E-state index is 0.179. The molecule has 4 nitrogen and oxygen atoms in total. The zero-order valence-electron chi connectivity index (χ0n) is 18.9. The highest BCUT2D eigenvalue weighted by Crippen LogP contribution is 2.40. The van der Waals surface area contributed by atoms with E-state index in [-0.39, 0.29) is 11.8 Å². The summed E-state index contributed by atoms with van der Waals surface area (Å²) in [7, 11) is 0. The summed E-state index contributed by atoms with van der Waals surface area (Å²) in [5.74, 6) is 2.75. The number of hydrogen-bond donors (Lipinski definition) is 0. The van der Waals surface area contributed by atoms with Crippen molar-refractivity contribution in [2.24, 2.45) is 23.7 Å². The molecule has 4 unspecified atom stereocenters. The number of carbonyl (C=O) groups is 2. The number of carbonyl (C=O) groups excluding carboxylic acids is 2. The van der Waals surface area contributed by atoms with Crippen molar-refractivity contribution in [3.8, 4) is 0 Å². The maximum atomic E-state index is 13.4. The second-order valence-electron chi connectivity index (χ2n) is 11.1. The fourth-order valence-electron chi connectivity index (χ4n) is 7.85. The lowest BCUT2D eigenvalue weighted by molar-refractivity contribution is -0.148. The van der Waals surface area contributed by atoms with E-state index < -0.39 is 0 Å². The Kier molecular flexibility index (Phi) is 6.39. The topological polar surface area (TPSA) is 40.6 Å². The Morgan fingerprint density at radius 1 is 0.467 bits per heavy atom. The highest BCUT2D eigenvalue weighted by molar-refractivity contribution is 5.82. The molecule has 0 N–H and O–H groups in total. The molecule has 0 aromatic rings. The number of fused-ring (bicyclic) bond motifs is 2. The van der Waals surface area contributed by atoms with E-state index in [1.54, 1.807) is 0 Å². The monoisotopic (exact) mass is 414 g/mol. The quantitative estimate of drug-likeness (QED) is 0.626. The molecule has 0 radical (unpaired) electrons. The highest BCUT2D eigenvalue weighted by Gasteiger charge is 2.42. The van der Waals surface area contributed by atoms with Gasteiger partial charge in [0, 0.05) is 37.0 Å². The van der Waals surface area contributed by atoms with Crippen molar-refractivity contribution in [2.45, 2.75) is 115 Å². The van der Waals surface area contributed by atoms with E-state index in [1.165, 1.54) is 77.0 Å². The Bertz CT molecular complexity index is 569. The van der Waals surface area contributed by atoms with Gasteiger partial charge in [0.2, 0.25) is 11.8 Å². The van der Waals surface area contributed by atoms with Crippen LogP contribution in [0.2, 0.25) is 0 Å². The van der Waals surface area contributed by atoms with E-state index in [2.05, 4.69) is 9.80 Å². The lowest BCUT2D eigenvalue weighted by Crippen LogP contribution is -2.53. The van der Waals surface area contributed by atoms with Crippen LogP contribution in [-0.2, 0) is 9.59 Å². The van der Waals surface area contributed by atoms with E-state index in [0.29, 0.717) is 23.9 Å². The molecule has 3 aliphatic carbocycles. The summed E-state index contributed by atoms with van der Waals surface area (Å²) in [5, 5.41) is 0. The first-order chi connectivity index (χ1) is 14.7. The van der Waals surface area contributed by atoms with Gasteiger partial charge in [-0.15, -0.1) is 0 Å². The van der Waals surface area contributed by atoms with Crippen LogP contribution < -0.4 is 0 Å². The average Bonchev–Trinajstić information content (AvgIpc) is 2.82. The summed E-state index contributed by atoms with van der Waals surface area (Å²) in [4.78, 5) is 31.4. The summed E-state index contributed by atoms with van der Waals surface area (Å²) >= 11 is 0. The fraction of sp³-hybridized carbons (Fsp3) is 0.923. The van der Waals surface area contributed by atoms with E-state index in [9.17, 15) is 9.59 Å². The number of rotatable bonds is 2. The van der Waals surface area contributed by atoms with Gasteiger partial charge in [-0.2, -0.15) is 0 Å². The third-order valence-electron chi connectivity index (χ3n) is 9.48. The first-order valence-electron chi connectivity index (χ1n) is 13.3. The summed E-state index contributed by atoms with van der Waals surface area (Å²) < 4.78 is 0. The predicted octanol–water partition coefficient (Wildman–Crippen LogP) is 5.16. The van der Waals surface area contributed by atoms with Crippen LogP contribution in [0.4, 0.5) is 0 Å². The molecule has 4 atom stereocenters. The van der Waals surface area contributed by atoms with Crippen LogP contribution in [0, 0.1) is 23.7 Å².